The number of hydrogen-bond donors (Lipinski definition) is 3. The summed E-state index contributed by atoms with van der Waals surface area (Å²) in [6.45, 7) is 7.41. The molecule has 7 nitrogen and oxygen atoms in total. The van der Waals surface area contributed by atoms with E-state index >= 15 is 0 Å². The quantitative estimate of drug-likeness (QED) is 0.0608. The number of allylic oxidation sites excluding steroid dienone is 2. The predicted molar refractivity (Wildman–Crippen MR) is 195 cm³/mol. The number of aliphatic hydroxyl groups excluding tert-OH is 1. The monoisotopic (exact) mass is 670 g/mol. The minimum atomic E-state index is -0.666. The molecule has 2 amide bonds. The topological polar surface area (TPSA) is 105 Å². The maximum atomic E-state index is 13.6. The van der Waals surface area contributed by atoms with Crippen LogP contribution in [-0.2, 0) is 37.7 Å². The van der Waals surface area contributed by atoms with Crippen LogP contribution in [-0.4, -0.2) is 53.9 Å². The van der Waals surface area contributed by atoms with Crippen molar-refractivity contribution in [1.29, 1.82) is 0 Å². The standard InChI is InChI=1S/C40H50N2O5S/c1-3-5-9-23-35(24-31-17-10-6-11-18-31)40(46)47-28-37(30-48-29-33-21-14-8-15-22-33)42-39(45)34(16-4-2)26-38(44)41-36(27-43)25-32-19-12-7-13-20-32/h3-4,6-8,10-15,17-22,34-37,43H,1-2,5,9,16,23-30H2,(H,41,44)(H,42,45)/t34-,35-,36+,37-/m1/s1. The number of carbonyl (C=O) groups excluding carboxylic acids is 3. The third kappa shape index (κ3) is 14.7. The molecule has 3 N–H and O–H groups in total. The second kappa shape index (κ2) is 22.4. The van der Waals surface area contributed by atoms with Crippen molar-refractivity contribution in [1.82, 2.24) is 10.6 Å². The molecule has 0 heterocycles. The van der Waals surface area contributed by atoms with E-state index < -0.39 is 18.0 Å². The first-order valence-corrected chi connectivity index (χ1v) is 17.9. The molecule has 0 aliphatic rings. The maximum Gasteiger partial charge on any atom is 0.309 e. The zero-order chi connectivity index (χ0) is 34.4. The van der Waals surface area contributed by atoms with Gasteiger partial charge in [0.05, 0.1) is 30.5 Å². The SMILES string of the molecule is C=CCCC[C@H](Cc1ccccc1)C(=O)OC[C@H](CSCc1ccccc1)NC(=O)[C@H](CC=C)CC(=O)N[C@H](CO)Cc1ccccc1. The van der Waals surface area contributed by atoms with E-state index in [1.807, 2.05) is 97.1 Å². The summed E-state index contributed by atoms with van der Waals surface area (Å²) < 4.78 is 5.90. The van der Waals surface area contributed by atoms with E-state index in [-0.39, 0.29) is 43.3 Å². The molecule has 0 saturated carbocycles. The molecular weight excluding hydrogens is 621 g/mol. The van der Waals surface area contributed by atoms with Gasteiger partial charge in [0.2, 0.25) is 11.8 Å². The molecule has 0 aromatic heterocycles. The molecule has 0 aliphatic heterocycles. The van der Waals surface area contributed by atoms with Crippen LogP contribution in [0.5, 0.6) is 0 Å². The Morgan fingerprint density at radius 1 is 0.771 bits per heavy atom. The predicted octanol–water partition coefficient (Wildman–Crippen LogP) is 6.47. The van der Waals surface area contributed by atoms with E-state index in [0.29, 0.717) is 31.4 Å². The van der Waals surface area contributed by atoms with Crippen molar-refractivity contribution in [2.75, 3.05) is 19.0 Å². The molecule has 0 saturated heterocycles. The van der Waals surface area contributed by atoms with Gasteiger partial charge in [0.1, 0.15) is 6.61 Å². The number of amides is 2. The van der Waals surface area contributed by atoms with Gasteiger partial charge < -0.3 is 20.5 Å². The van der Waals surface area contributed by atoms with Crippen molar-refractivity contribution in [3.8, 4) is 0 Å². The van der Waals surface area contributed by atoms with E-state index in [9.17, 15) is 19.5 Å². The second-order valence-corrected chi connectivity index (χ2v) is 13.0. The fraction of sp³-hybridized carbons (Fsp3) is 0.375. The third-order valence-electron chi connectivity index (χ3n) is 7.99. The summed E-state index contributed by atoms with van der Waals surface area (Å²) in [6.07, 6.45) is 7.10. The fourth-order valence-corrected chi connectivity index (χ4v) is 6.42. The van der Waals surface area contributed by atoms with E-state index in [2.05, 4.69) is 23.8 Å². The molecule has 3 rings (SSSR count). The van der Waals surface area contributed by atoms with Crippen molar-refractivity contribution < 1.29 is 24.2 Å². The molecule has 0 unspecified atom stereocenters. The van der Waals surface area contributed by atoms with E-state index in [4.69, 9.17) is 4.74 Å². The van der Waals surface area contributed by atoms with Crippen LogP contribution in [0.4, 0.5) is 0 Å². The first-order chi connectivity index (χ1) is 23.4. The number of thioether (sulfide) groups is 1. The summed E-state index contributed by atoms with van der Waals surface area (Å²) in [4.78, 5) is 40.1. The highest BCUT2D eigenvalue weighted by Gasteiger charge is 2.27. The minimum Gasteiger partial charge on any atom is -0.463 e. The Kier molecular flexibility index (Phi) is 17.9. The van der Waals surface area contributed by atoms with Gasteiger partial charge in [0, 0.05) is 17.9 Å². The van der Waals surface area contributed by atoms with Gasteiger partial charge in [-0.2, -0.15) is 11.8 Å². The van der Waals surface area contributed by atoms with E-state index in [1.54, 1.807) is 17.8 Å². The zero-order valence-corrected chi connectivity index (χ0v) is 28.6. The molecule has 4 atom stereocenters. The van der Waals surface area contributed by atoms with Crippen molar-refractivity contribution in [2.45, 2.75) is 62.8 Å². The fourth-order valence-electron chi connectivity index (χ4n) is 5.41. The highest BCUT2D eigenvalue weighted by molar-refractivity contribution is 7.98. The molecule has 0 radical (unpaired) electrons. The van der Waals surface area contributed by atoms with Crippen LogP contribution >= 0.6 is 11.8 Å². The summed E-state index contributed by atoms with van der Waals surface area (Å²) in [6, 6.07) is 28.6. The lowest BCUT2D eigenvalue weighted by Crippen LogP contribution is -2.46. The number of ether oxygens (including phenoxy) is 1. The highest BCUT2D eigenvalue weighted by atomic mass is 32.2. The van der Waals surface area contributed by atoms with Gasteiger partial charge in [-0.3, -0.25) is 14.4 Å². The van der Waals surface area contributed by atoms with Crippen LogP contribution in [0.2, 0.25) is 0 Å². The maximum absolute atomic E-state index is 13.6. The molecule has 48 heavy (non-hydrogen) atoms. The minimum absolute atomic E-state index is 0.0236. The number of benzene rings is 3. The van der Waals surface area contributed by atoms with Crippen molar-refractivity contribution in [3.63, 3.8) is 0 Å². The van der Waals surface area contributed by atoms with Gasteiger partial charge in [0.25, 0.3) is 0 Å². The number of aliphatic hydroxyl groups is 1. The van der Waals surface area contributed by atoms with Crippen LogP contribution in [0, 0.1) is 11.8 Å². The Labute approximate surface area is 290 Å². The van der Waals surface area contributed by atoms with Crippen molar-refractivity contribution in [2.24, 2.45) is 11.8 Å². The van der Waals surface area contributed by atoms with Crippen LogP contribution in [0.3, 0.4) is 0 Å². The average molecular weight is 671 g/mol. The smallest absolute Gasteiger partial charge is 0.309 e. The summed E-state index contributed by atoms with van der Waals surface area (Å²) in [5.74, 6) is -0.635. The Morgan fingerprint density at radius 2 is 1.38 bits per heavy atom. The molecule has 0 aliphatic carbocycles. The lowest BCUT2D eigenvalue weighted by atomic mass is 9.94. The molecular formula is C40H50N2O5S. The van der Waals surface area contributed by atoms with Crippen LogP contribution in [0.1, 0.15) is 48.8 Å². The Bertz CT molecular complexity index is 1390. The lowest BCUT2D eigenvalue weighted by molar-refractivity contribution is -0.150. The van der Waals surface area contributed by atoms with Crippen LogP contribution in [0.25, 0.3) is 0 Å². The van der Waals surface area contributed by atoms with Gasteiger partial charge in [0.15, 0.2) is 0 Å². The third-order valence-corrected chi connectivity index (χ3v) is 9.16. The largest absolute Gasteiger partial charge is 0.463 e. The number of carbonyl (C=O) groups is 3. The van der Waals surface area contributed by atoms with Crippen molar-refractivity contribution >= 4 is 29.5 Å². The molecule has 0 fully saturated rings. The number of hydrogen-bond acceptors (Lipinski definition) is 6. The average Bonchev–Trinajstić information content (AvgIpc) is 3.10. The summed E-state index contributed by atoms with van der Waals surface area (Å²) in [7, 11) is 0. The van der Waals surface area contributed by atoms with Gasteiger partial charge in [-0.25, -0.2) is 0 Å². The number of unbranched alkanes of at least 4 members (excludes halogenated alkanes) is 1. The summed E-state index contributed by atoms with van der Waals surface area (Å²) >= 11 is 1.64. The van der Waals surface area contributed by atoms with Gasteiger partial charge in [-0.05, 0) is 55.2 Å². The first kappa shape index (κ1) is 38.3. The number of esters is 1. The van der Waals surface area contributed by atoms with E-state index in [0.717, 1.165) is 35.3 Å². The van der Waals surface area contributed by atoms with Crippen molar-refractivity contribution in [3.05, 3.63) is 133 Å². The number of rotatable bonds is 23. The normalized spacial score (nSPS) is 13.4. The van der Waals surface area contributed by atoms with Gasteiger partial charge >= 0.3 is 5.97 Å². The van der Waals surface area contributed by atoms with Crippen LogP contribution in [0.15, 0.2) is 116 Å². The Balaban J connectivity index is 1.65. The molecule has 8 heteroatoms. The Morgan fingerprint density at radius 3 is 1.96 bits per heavy atom. The van der Waals surface area contributed by atoms with Gasteiger partial charge in [-0.1, -0.05) is 103 Å². The molecule has 256 valence electrons. The molecule has 0 bridgehead atoms. The van der Waals surface area contributed by atoms with Gasteiger partial charge in [-0.15, -0.1) is 13.2 Å². The molecule has 0 spiro atoms. The number of nitrogens with one attached hydrogen (secondary N) is 2. The zero-order valence-electron chi connectivity index (χ0n) is 27.8. The second-order valence-electron chi connectivity index (χ2n) is 12.0. The first-order valence-electron chi connectivity index (χ1n) is 16.7. The summed E-state index contributed by atoms with van der Waals surface area (Å²) in [5, 5.41) is 15.8. The molecule has 3 aromatic rings. The summed E-state index contributed by atoms with van der Waals surface area (Å²) in [5.41, 5.74) is 3.22. The van der Waals surface area contributed by atoms with Crippen LogP contribution < -0.4 is 10.6 Å². The molecule has 3 aromatic carbocycles. The lowest BCUT2D eigenvalue weighted by Gasteiger charge is -2.24. The van der Waals surface area contributed by atoms with E-state index in [1.165, 1.54) is 0 Å². The highest BCUT2D eigenvalue weighted by Crippen LogP contribution is 2.19. The Hall–Kier alpha value is -4.14.